The smallest absolute Gasteiger partial charge is 0.126 e. The molecule has 0 aliphatic carbocycles. The van der Waals surface area contributed by atoms with Crippen LogP contribution >= 0.6 is 12.2 Å². The predicted octanol–water partition coefficient (Wildman–Crippen LogP) is 3.65. The first kappa shape index (κ1) is 13.4. The molecule has 0 unspecified atom stereocenters. The van der Waals surface area contributed by atoms with Crippen LogP contribution in [-0.2, 0) is 0 Å². The molecule has 19 heavy (non-hydrogen) atoms. The molecular weight excluding hydrogens is 266 g/mol. The number of benzene rings is 2. The fraction of sp³-hybridized carbons (Fsp3) is 0.0714. The van der Waals surface area contributed by atoms with Crippen molar-refractivity contribution in [2.45, 2.75) is 6.92 Å². The Hall–Kier alpha value is -2.01. The molecule has 0 spiro atoms. The van der Waals surface area contributed by atoms with Crippen LogP contribution in [0.4, 0.5) is 20.2 Å². The van der Waals surface area contributed by atoms with Gasteiger partial charge in [0.1, 0.15) is 16.6 Å². The molecule has 0 aromatic heterocycles. The van der Waals surface area contributed by atoms with Crippen molar-refractivity contribution in [2.75, 3.05) is 5.32 Å². The average molecular weight is 278 g/mol. The van der Waals surface area contributed by atoms with E-state index in [2.05, 4.69) is 5.32 Å². The van der Waals surface area contributed by atoms with Crippen LogP contribution in [-0.4, -0.2) is 4.99 Å². The monoisotopic (exact) mass is 278 g/mol. The van der Waals surface area contributed by atoms with Gasteiger partial charge in [-0.15, -0.1) is 0 Å². The second-order valence-corrected chi connectivity index (χ2v) is 4.58. The molecular formula is C14H12F2N2S. The van der Waals surface area contributed by atoms with Crippen molar-refractivity contribution in [3.05, 3.63) is 59.2 Å². The zero-order valence-electron chi connectivity index (χ0n) is 10.2. The fourth-order valence-electron chi connectivity index (χ4n) is 1.71. The SMILES string of the molecule is Cc1cc(Nc2ccc(F)cc2C(N)=S)ccc1F. The van der Waals surface area contributed by atoms with Gasteiger partial charge in [-0.1, -0.05) is 12.2 Å². The molecule has 0 atom stereocenters. The van der Waals surface area contributed by atoms with Crippen LogP contribution in [0, 0.1) is 18.6 Å². The number of thiocarbonyl (C=S) groups is 1. The number of aryl methyl sites for hydroxylation is 1. The lowest BCUT2D eigenvalue weighted by molar-refractivity contribution is 0.619. The Morgan fingerprint density at radius 1 is 1.16 bits per heavy atom. The van der Waals surface area contributed by atoms with Gasteiger partial charge < -0.3 is 11.1 Å². The molecule has 0 radical (unpaired) electrons. The largest absolute Gasteiger partial charge is 0.389 e. The summed E-state index contributed by atoms with van der Waals surface area (Å²) in [4.78, 5) is 0.0980. The Balaban J connectivity index is 2.37. The van der Waals surface area contributed by atoms with Crippen LogP contribution in [0.3, 0.4) is 0 Å². The summed E-state index contributed by atoms with van der Waals surface area (Å²) in [5, 5.41) is 3.05. The fourth-order valence-corrected chi connectivity index (χ4v) is 1.88. The van der Waals surface area contributed by atoms with Crippen LogP contribution in [0.5, 0.6) is 0 Å². The first-order valence-corrected chi connectivity index (χ1v) is 6.01. The molecule has 0 saturated heterocycles. The third kappa shape index (κ3) is 3.06. The summed E-state index contributed by atoms with van der Waals surface area (Å²) < 4.78 is 26.4. The van der Waals surface area contributed by atoms with Crippen molar-refractivity contribution in [1.29, 1.82) is 0 Å². The zero-order chi connectivity index (χ0) is 14.0. The second kappa shape index (κ2) is 5.32. The summed E-state index contributed by atoms with van der Waals surface area (Å²) in [6, 6.07) is 8.72. The van der Waals surface area contributed by atoms with E-state index in [0.717, 1.165) is 0 Å². The molecule has 2 aromatic carbocycles. The van der Waals surface area contributed by atoms with Gasteiger partial charge in [-0.05, 0) is 48.9 Å². The van der Waals surface area contributed by atoms with Gasteiger partial charge in [0.2, 0.25) is 0 Å². The van der Waals surface area contributed by atoms with Crippen LogP contribution in [0.1, 0.15) is 11.1 Å². The van der Waals surface area contributed by atoms with Crippen LogP contribution in [0.2, 0.25) is 0 Å². The highest BCUT2D eigenvalue weighted by Crippen LogP contribution is 2.23. The third-order valence-corrected chi connectivity index (χ3v) is 2.90. The summed E-state index contributed by atoms with van der Waals surface area (Å²) in [7, 11) is 0. The van der Waals surface area contributed by atoms with Gasteiger partial charge in [-0.3, -0.25) is 0 Å². The Morgan fingerprint density at radius 3 is 2.53 bits per heavy atom. The van der Waals surface area contributed by atoms with Crippen molar-refractivity contribution in [3.63, 3.8) is 0 Å². The van der Waals surface area contributed by atoms with E-state index in [0.29, 0.717) is 22.5 Å². The number of hydrogen-bond acceptors (Lipinski definition) is 2. The van der Waals surface area contributed by atoms with E-state index < -0.39 is 5.82 Å². The van der Waals surface area contributed by atoms with Crippen molar-refractivity contribution in [3.8, 4) is 0 Å². The topological polar surface area (TPSA) is 38.0 Å². The molecule has 5 heteroatoms. The van der Waals surface area contributed by atoms with Gasteiger partial charge in [0, 0.05) is 16.9 Å². The molecule has 2 nitrogen and oxygen atoms in total. The number of rotatable bonds is 3. The molecule has 0 bridgehead atoms. The highest BCUT2D eigenvalue weighted by molar-refractivity contribution is 7.80. The van der Waals surface area contributed by atoms with Gasteiger partial charge in [0.05, 0.1) is 0 Å². The molecule has 0 amide bonds. The first-order chi connectivity index (χ1) is 8.97. The highest BCUT2D eigenvalue weighted by atomic mass is 32.1. The molecule has 98 valence electrons. The van der Waals surface area contributed by atoms with E-state index in [-0.39, 0.29) is 10.8 Å². The predicted molar refractivity (Wildman–Crippen MR) is 76.7 cm³/mol. The van der Waals surface area contributed by atoms with E-state index in [1.807, 2.05) is 0 Å². The van der Waals surface area contributed by atoms with E-state index in [4.69, 9.17) is 18.0 Å². The summed E-state index contributed by atoms with van der Waals surface area (Å²) in [6.45, 7) is 1.67. The van der Waals surface area contributed by atoms with Crippen LogP contribution in [0.15, 0.2) is 36.4 Å². The van der Waals surface area contributed by atoms with Crippen molar-refractivity contribution >= 4 is 28.6 Å². The molecule has 0 saturated carbocycles. The van der Waals surface area contributed by atoms with Crippen LogP contribution in [0.25, 0.3) is 0 Å². The third-order valence-electron chi connectivity index (χ3n) is 2.68. The van der Waals surface area contributed by atoms with Gasteiger partial charge in [-0.2, -0.15) is 0 Å². The number of anilines is 2. The maximum Gasteiger partial charge on any atom is 0.126 e. The lowest BCUT2D eigenvalue weighted by Crippen LogP contribution is -2.12. The molecule has 2 aromatic rings. The number of nitrogens with one attached hydrogen (secondary N) is 1. The van der Waals surface area contributed by atoms with E-state index in [1.54, 1.807) is 25.1 Å². The molecule has 2 rings (SSSR count). The first-order valence-electron chi connectivity index (χ1n) is 5.60. The lowest BCUT2D eigenvalue weighted by atomic mass is 10.1. The van der Waals surface area contributed by atoms with Crippen molar-refractivity contribution < 1.29 is 8.78 Å². The van der Waals surface area contributed by atoms with Gasteiger partial charge in [0.25, 0.3) is 0 Å². The molecule has 3 N–H and O–H groups in total. The summed E-state index contributed by atoms with van der Waals surface area (Å²) in [6.07, 6.45) is 0. The van der Waals surface area contributed by atoms with E-state index in [1.165, 1.54) is 18.2 Å². The maximum absolute atomic E-state index is 13.2. The maximum atomic E-state index is 13.2. The molecule has 0 aliphatic rings. The highest BCUT2D eigenvalue weighted by Gasteiger charge is 2.08. The summed E-state index contributed by atoms with van der Waals surface area (Å²) in [5.41, 5.74) is 7.75. The van der Waals surface area contributed by atoms with E-state index in [9.17, 15) is 8.78 Å². The quantitative estimate of drug-likeness (QED) is 0.842. The zero-order valence-corrected chi connectivity index (χ0v) is 11.0. The second-order valence-electron chi connectivity index (χ2n) is 4.14. The minimum Gasteiger partial charge on any atom is -0.389 e. The molecule has 0 aliphatic heterocycles. The Labute approximate surface area is 115 Å². The van der Waals surface area contributed by atoms with Crippen LogP contribution < -0.4 is 11.1 Å². The number of nitrogens with two attached hydrogens (primary N) is 1. The summed E-state index contributed by atoms with van der Waals surface area (Å²) in [5.74, 6) is -0.692. The van der Waals surface area contributed by atoms with Gasteiger partial charge in [-0.25, -0.2) is 8.78 Å². The van der Waals surface area contributed by atoms with Crippen molar-refractivity contribution in [1.82, 2.24) is 0 Å². The number of hydrogen-bond donors (Lipinski definition) is 2. The normalized spacial score (nSPS) is 10.3. The lowest BCUT2D eigenvalue weighted by Gasteiger charge is -2.12. The number of halogens is 2. The minimum absolute atomic E-state index is 0.0980. The molecule has 0 fully saturated rings. The van der Waals surface area contributed by atoms with Gasteiger partial charge >= 0.3 is 0 Å². The van der Waals surface area contributed by atoms with Gasteiger partial charge in [0.15, 0.2) is 0 Å². The Morgan fingerprint density at radius 2 is 1.89 bits per heavy atom. The average Bonchev–Trinajstić information content (AvgIpc) is 2.36. The Bertz CT molecular complexity index is 641. The standard InChI is InChI=1S/C14H12F2N2S/c1-8-6-10(3-4-12(8)16)18-13-5-2-9(15)7-11(13)14(17)19/h2-7,18H,1H3,(H2,17,19). The van der Waals surface area contributed by atoms with E-state index >= 15 is 0 Å². The summed E-state index contributed by atoms with van der Waals surface area (Å²) >= 11 is 4.88. The minimum atomic E-state index is -0.413. The molecule has 0 heterocycles. The van der Waals surface area contributed by atoms with Crippen molar-refractivity contribution in [2.24, 2.45) is 5.73 Å². The Kier molecular flexibility index (Phi) is 3.76.